The van der Waals surface area contributed by atoms with Gasteiger partial charge in [-0.2, -0.15) is 0 Å². The van der Waals surface area contributed by atoms with Gasteiger partial charge in [-0.05, 0) is 53.9 Å². The molecule has 38 heavy (non-hydrogen) atoms. The standard InChI is InChI=1S/C24H26Cl2F3N5O4/c25-16-3-14(4-17(26)6-16)19(7-21(36)37)34-20(35)9-32-22(38)15-1-13(2-18(5-15)33-23(30)31)8-24(10-27,11-28)12-29/h1-6,19H,7-12H2,(H,32,38)(H,34,35)(H,36,37)(H4,30,31,33). The van der Waals surface area contributed by atoms with Crippen LogP contribution in [0.2, 0.25) is 10.0 Å². The van der Waals surface area contributed by atoms with Gasteiger partial charge in [0, 0.05) is 15.6 Å². The number of aliphatic imine (C=N–C) groups is 1. The third-order valence-corrected chi connectivity index (χ3v) is 5.77. The lowest BCUT2D eigenvalue weighted by Crippen LogP contribution is -2.39. The van der Waals surface area contributed by atoms with E-state index in [1.54, 1.807) is 0 Å². The Morgan fingerprint density at radius 3 is 2.11 bits per heavy atom. The van der Waals surface area contributed by atoms with E-state index in [0.29, 0.717) is 5.56 Å². The molecule has 2 aromatic carbocycles. The van der Waals surface area contributed by atoms with Crippen LogP contribution < -0.4 is 22.1 Å². The van der Waals surface area contributed by atoms with Crippen molar-refractivity contribution < 1.29 is 32.7 Å². The number of alkyl halides is 3. The molecule has 2 rings (SSSR count). The summed E-state index contributed by atoms with van der Waals surface area (Å²) in [5.41, 5.74) is 9.39. The van der Waals surface area contributed by atoms with Crippen molar-refractivity contribution in [3.8, 4) is 0 Å². The van der Waals surface area contributed by atoms with Crippen molar-refractivity contribution in [2.75, 3.05) is 26.6 Å². The van der Waals surface area contributed by atoms with Gasteiger partial charge in [0.05, 0.1) is 30.1 Å². The highest BCUT2D eigenvalue weighted by Crippen LogP contribution is 2.29. The quantitative estimate of drug-likeness (QED) is 0.182. The van der Waals surface area contributed by atoms with E-state index < -0.39 is 62.2 Å². The van der Waals surface area contributed by atoms with Crippen LogP contribution in [0.1, 0.15) is 33.9 Å². The largest absolute Gasteiger partial charge is 0.481 e. The summed E-state index contributed by atoms with van der Waals surface area (Å²) in [4.78, 5) is 40.5. The van der Waals surface area contributed by atoms with Gasteiger partial charge < -0.3 is 27.2 Å². The number of nitrogens with zero attached hydrogens (tertiary/aromatic N) is 1. The van der Waals surface area contributed by atoms with Crippen LogP contribution in [0.25, 0.3) is 0 Å². The van der Waals surface area contributed by atoms with E-state index in [2.05, 4.69) is 15.6 Å². The molecule has 7 N–H and O–H groups in total. The average molecular weight is 576 g/mol. The SMILES string of the molecule is NC(N)=Nc1cc(CC(CF)(CF)CF)cc(C(=O)NCC(=O)NC(CC(=O)O)c2cc(Cl)cc(Cl)c2)c1. The molecular weight excluding hydrogens is 550 g/mol. The number of hydrogen-bond donors (Lipinski definition) is 5. The van der Waals surface area contributed by atoms with Crippen LogP contribution in [0.3, 0.4) is 0 Å². The minimum atomic E-state index is -1.92. The van der Waals surface area contributed by atoms with Gasteiger partial charge in [0.2, 0.25) is 5.91 Å². The topological polar surface area (TPSA) is 160 Å². The van der Waals surface area contributed by atoms with E-state index >= 15 is 0 Å². The van der Waals surface area contributed by atoms with Gasteiger partial charge in [0.1, 0.15) is 20.0 Å². The molecule has 0 bridgehead atoms. The van der Waals surface area contributed by atoms with Crippen molar-refractivity contribution in [2.45, 2.75) is 18.9 Å². The molecule has 14 heteroatoms. The lowest BCUT2D eigenvalue weighted by molar-refractivity contribution is -0.137. The highest BCUT2D eigenvalue weighted by molar-refractivity contribution is 6.34. The molecule has 2 aromatic rings. The van der Waals surface area contributed by atoms with Crippen LogP contribution in [0.15, 0.2) is 41.4 Å². The van der Waals surface area contributed by atoms with E-state index in [1.807, 2.05) is 0 Å². The number of guanidine groups is 1. The Morgan fingerprint density at radius 1 is 0.974 bits per heavy atom. The number of rotatable bonds is 13. The number of carbonyl (C=O) groups is 3. The monoisotopic (exact) mass is 575 g/mol. The molecule has 0 aliphatic carbocycles. The van der Waals surface area contributed by atoms with Gasteiger partial charge in [-0.25, -0.2) is 4.99 Å². The molecule has 2 amide bonds. The summed E-state index contributed by atoms with van der Waals surface area (Å²) >= 11 is 11.9. The predicted octanol–water partition coefficient (Wildman–Crippen LogP) is 3.40. The third kappa shape index (κ3) is 9.10. The van der Waals surface area contributed by atoms with Crippen molar-refractivity contribution in [3.63, 3.8) is 0 Å². The molecule has 0 aliphatic heterocycles. The maximum atomic E-state index is 13.4. The van der Waals surface area contributed by atoms with E-state index in [1.165, 1.54) is 36.4 Å². The molecule has 1 unspecified atom stereocenters. The number of benzene rings is 2. The summed E-state index contributed by atoms with van der Waals surface area (Å²) in [6.07, 6.45) is -0.871. The summed E-state index contributed by atoms with van der Waals surface area (Å²) in [7, 11) is 0. The Balaban J connectivity index is 2.21. The fraction of sp³-hybridized carbons (Fsp3) is 0.333. The fourth-order valence-electron chi connectivity index (χ4n) is 3.51. The molecule has 0 saturated heterocycles. The Bertz CT molecular complexity index is 1180. The Hall–Kier alpha value is -3.51. The zero-order chi connectivity index (χ0) is 28.5. The molecule has 0 fully saturated rings. The number of nitrogens with two attached hydrogens (primary N) is 2. The first-order chi connectivity index (χ1) is 17.9. The molecule has 206 valence electrons. The Kier molecular flexibility index (Phi) is 11.2. The number of amides is 2. The van der Waals surface area contributed by atoms with E-state index in [4.69, 9.17) is 34.7 Å². The van der Waals surface area contributed by atoms with Crippen LogP contribution in [-0.2, 0) is 16.0 Å². The summed E-state index contributed by atoms with van der Waals surface area (Å²) in [5, 5.41) is 14.6. The lowest BCUT2D eigenvalue weighted by atomic mass is 9.85. The molecule has 0 spiro atoms. The first-order valence-corrected chi connectivity index (χ1v) is 11.8. The first kappa shape index (κ1) is 30.7. The number of carbonyl (C=O) groups excluding carboxylic acids is 2. The van der Waals surface area contributed by atoms with E-state index in [0.717, 1.165) is 0 Å². The van der Waals surface area contributed by atoms with Gasteiger partial charge in [-0.1, -0.05) is 23.2 Å². The predicted molar refractivity (Wildman–Crippen MR) is 138 cm³/mol. The Labute approximate surface area is 226 Å². The minimum absolute atomic E-state index is 0.0653. The maximum Gasteiger partial charge on any atom is 0.305 e. The van der Waals surface area contributed by atoms with E-state index in [-0.39, 0.29) is 39.2 Å². The van der Waals surface area contributed by atoms with Gasteiger partial charge in [0.25, 0.3) is 5.91 Å². The van der Waals surface area contributed by atoms with Crippen molar-refractivity contribution in [1.29, 1.82) is 0 Å². The summed E-state index contributed by atoms with van der Waals surface area (Å²) in [5.74, 6) is -3.06. The second kappa shape index (κ2) is 13.9. The highest BCUT2D eigenvalue weighted by Gasteiger charge is 2.32. The molecule has 0 aromatic heterocycles. The smallest absolute Gasteiger partial charge is 0.305 e. The van der Waals surface area contributed by atoms with Crippen molar-refractivity contribution in [3.05, 3.63) is 63.1 Å². The van der Waals surface area contributed by atoms with Crippen LogP contribution >= 0.6 is 23.2 Å². The second-order valence-electron chi connectivity index (χ2n) is 8.61. The van der Waals surface area contributed by atoms with Crippen LogP contribution in [0.4, 0.5) is 18.9 Å². The average Bonchev–Trinajstić information content (AvgIpc) is 2.84. The second-order valence-corrected chi connectivity index (χ2v) is 9.48. The molecule has 0 aliphatic rings. The normalized spacial score (nSPS) is 11.9. The van der Waals surface area contributed by atoms with Crippen molar-refractivity contribution in [2.24, 2.45) is 21.9 Å². The first-order valence-electron chi connectivity index (χ1n) is 11.1. The molecule has 0 saturated carbocycles. The third-order valence-electron chi connectivity index (χ3n) is 5.34. The van der Waals surface area contributed by atoms with E-state index in [9.17, 15) is 32.7 Å². The molecule has 0 radical (unpaired) electrons. The number of halogens is 5. The van der Waals surface area contributed by atoms with Crippen LogP contribution in [-0.4, -0.2) is 55.4 Å². The van der Waals surface area contributed by atoms with Gasteiger partial charge in [0.15, 0.2) is 5.96 Å². The Morgan fingerprint density at radius 2 is 1.58 bits per heavy atom. The number of nitrogens with one attached hydrogen (secondary N) is 2. The summed E-state index contributed by atoms with van der Waals surface area (Å²) in [6, 6.07) is 7.23. The zero-order valence-electron chi connectivity index (χ0n) is 19.9. The minimum Gasteiger partial charge on any atom is -0.481 e. The zero-order valence-corrected chi connectivity index (χ0v) is 21.5. The number of hydrogen-bond acceptors (Lipinski definition) is 4. The fourth-order valence-corrected chi connectivity index (χ4v) is 4.06. The van der Waals surface area contributed by atoms with Gasteiger partial charge >= 0.3 is 5.97 Å². The highest BCUT2D eigenvalue weighted by atomic mass is 35.5. The number of carboxylic acids is 1. The number of carboxylic acid groups (broad SMARTS) is 1. The summed E-state index contributed by atoms with van der Waals surface area (Å²) < 4.78 is 40.2. The van der Waals surface area contributed by atoms with Crippen LogP contribution in [0.5, 0.6) is 0 Å². The molecular formula is C24H26Cl2F3N5O4. The van der Waals surface area contributed by atoms with Crippen LogP contribution in [0, 0.1) is 5.41 Å². The van der Waals surface area contributed by atoms with Crippen molar-refractivity contribution >= 4 is 52.6 Å². The molecule has 9 nitrogen and oxygen atoms in total. The molecule has 1 atom stereocenters. The van der Waals surface area contributed by atoms with Gasteiger partial charge in [-0.3, -0.25) is 27.6 Å². The number of aliphatic carboxylic acids is 1. The van der Waals surface area contributed by atoms with Gasteiger partial charge in [-0.15, -0.1) is 0 Å². The van der Waals surface area contributed by atoms with Crippen molar-refractivity contribution in [1.82, 2.24) is 10.6 Å². The molecule has 0 heterocycles. The maximum absolute atomic E-state index is 13.4. The lowest BCUT2D eigenvalue weighted by Gasteiger charge is -2.24. The summed E-state index contributed by atoms with van der Waals surface area (Å²) in [6.45, 7) is -4.38.